The molecule has 0 heterocycles. The fraction of sp³-hybridized carbons (Fsp3) is 0.529. The summed E-state index contributed by atoms with van der Waals surface area (Å²) in [6.45, 7) is 4.97. The van der Waals surface area contributed by atoms with Crippen LogP contribution in [0.5, 0.6) is 5.75 Å². The Labute approximate surface area is 132 Å². The lowest BCUT2D eigenvalue weighted by Gasteiger charge is -2.10. The molecule has 0 saturated carbocycles. The largest absolute Gasteiger partial charge is 0.493 e. The van der Waals surface area contributed by atoms with Gasteiger partial charge in [-0.3, -0.25) is 9.59 Å². The lowest BCUT2D eigenvalue weighted by Crippen LogP contribution is -2.26. The summed E-state index contributed by atoms with van der Waals surface area (Å²) in [5, 5.41) is 2.69. The fourth-order valence-corrected chi connectivity index (χ4v) is 1.93. The molecule has 0 fully saturated rings. The summed E-state index contributed by atoms with van der Waals surface area (Å²) in [7, 11) is 1.33. The highest BCUT2D eigenvalue weighted by molar-refractivity contribution is 5.76. The molecule has 0 unspecified atom stereocenters. The number of aryl methyl sites for hydroxylation is 2. The van der Waals surface area contributed by atoms with Crippen LogP contribution >= 0.6 is 0 Å². The molecule has 1 amide bonds. The van der Waals surface area contributed by atoms with Gasteiger partial charge in [-0.15, -0.1) is 0 Å². The Hall–Kier alpha value is -2.04. The van der Waals surface area contributed by atoms with E-state index in [1.165, 1.54) is 12.7 Å². The number of benzene rings is 1. The van der Waals surface area contributed by atoms with Crippen LogP contribution in [0.25, 0.3) is 0 Å². The van der Waals surface area contributed by atoms with Crippen molar-refractivity contribution in [2.45, 2.75) is 39.5 Å². The van der Waals surface area contributed by atoms with Gasteiger partial charge in [0.15, 0.2) is 0 Å². The number of methoxy groups -OCH3 is 1. The van der Waals surface area contributed by atoms with E-state index in [4.69, 9.17) is 4.74 Å². The van der Waals surface area contributed by atoms with Gasteiger partial charge in [-0.05, 0) is 43.9 Å². The van der Waals surface area contributed by atoms with Crippen LogP contribution < -0.4 is 10.1 Å². The van der Waals surface area contributed by atoms with Crippen LogP contribution in [0.4, 0.5) is 0 Å². The van der Waals surface area contributed by atoms with E-state index in [2.05, 4.69) is 16.1 Å². The van der Waals surface area contributed by atoms with Gasteiger partial charge < -0.3 is 14.8 Å². The van der Waals surface area contributed by atoms with Gasteiger partial charge in [0, 0.05) is 13.0 Å². The van der Waals surface area contributed by atoms with Crippen molar-refractivity contribution in [3.8, 4) is 5.75 Å². The first-order chi connectivity index (χ1) is 10.5. The quantitative estimate of drug-likeness (QED) is 0.562. The average Bonchev–Trinajstić information content (AvgIpc) is 2.50. The Morgan fingerprint density at radius 2 is 1.91 bits per heavy atom. The number of ether oxygens (including phenoxy) is 2. The Kier molecular flexibility index (Phi) is 8.04. The summed E-state index contributed by atoms with van der Waals surface area (Å²) < 4.78 is 10.2. The number of hydrogen-bond donors (Lipinski definition) is 1. The van der Waals surface area contributed by atoms with E-state index in [1.807, 2.05) is 26.0 Å². The smallest absolute Gasteiger partial charge is 0.307 e. The van der Waals surface area contributed by atoms with Crippen molar-refractivity contribution < 1.29 is 19.1 Å². The molecule has 1 N–H and O–H groups in total. The van der Waals surface area contributed by atoms with E-state index < -0.39 is 0 Å². The first-order valence-corrected chi connectivity index (χ1v) is 7.56. The lowest BCUT2D eigenvalue weighted by molar-refractivity contribution is -0.140. The first kappa shape index (κ1) is 18.0. The molecular weight excluding hydrogens is 282 g/mol. The molecule has 0 aliphatic heterocycles. The fourth-order valence-electron chi connectivity index (χ4n) is 1.93. The summed E-state index contributed by atoms with van der Waals surface area (Å²) in [4.78, 5) is 22.4. The lowest BCUT2D eigenvalue weighted by atomic mass is 10.1. The Balaban J connectivity index is 2.11. The zero-order chi connectivity index (χ0) is 16.4. The molecule has 0 radical (unpaired) electrons. The highest BCUT2D eigenvalue weighted by Gasteiger charge is 2.04. The second-order valence-corrected chi connectivity index (χ2v) is 5.25. The first-order valence-electron chi connectivity index (χ1n) is 7.56. The van der Waals surface area contributed by atoms with Crippen LogP contribution in [-0.2, 0) is 14.3 Å². The van der Waals surface area contributed by atoms with Crippen LogP contribution in [0.2, 0.25) is 0 Å². The summed E-state index contributed by atoms with van der Waals surface area (Å²) in [5.41, 5.74) is 2.29. The second kappa shape index (κ2) is 9.82. The molecule has 1 rings (SSSR count). The zero-order valence-electron chi connectivity index (χ0n) is 13.6. The summed E-state index contributed by atoms with van der Waals surface area (Å²) in [6.07, 6.45) is 2.22. The SMILES string of the molecule is COC(=O)CCNC(=O)CCCCOc1cc(C)ccc1C. The van der Waals surface area contributed by atoms with Crippen LogP contribution in [0, 0.1) is 13.8 Å². The van der Waals surface area contributed by atoms with Crippen LogP contribution in [0.1, 0.15) is 36.8 Å². The molecule has 1 aromatic rings. The van der Waals surface area contributed by atoms with E-state index in [9.17, 15) is 9.59 Å². The molecule has 0 aromatic heterocycles. The molecule has 5 nitrogen and oxygen atoms in total. The number of hydrogen-bond acceptors (Lipinski definition) is 4. The molecule has 0 atom stereocenters. The molecule has 122 valence electrons. The van der Waals surface area contributed by atoms with Crippen LogP contribution in [-0.4, -0.2) is 32.1 Å². The molecule has 0 aliphatic carbocycles. The highest BCUT2D eigenvalue weighted by atomic mass is 16.5. The van der Waals surface area contributed by atoms with Gasteiger partial charge in [0.2, 0.25) is 5.91 Å². The number of unbranched alkanes of at least 4 members (excludes halogenated alkanes) is 1. The minimum absolute atomic E-state index is 0.0457. The third-order valence-electron chi connectivity index (χ3n) is 3.28. The summed E-state index contributed by atoms with van der Waals surface area (Å²) >= 11 is 0. The van der Waals surface area contributed by atoms with E-state index in [1.54, 1.807) is 0 Å². The number of carbonyl (C=O) groups is 2. The zero-order valence-corrected chi connectivity index (χ0v) is 13.6. The molecule has 5 heteroatoms. The third-order valence-corrected chi connectivity index (χ3v) is 3.28. The molecule has 0 saturated heterocycles. The number of amides is 1. The molecule has 0 spiro atoms. The van der Waals surface area contributed by atoms with Gasteiger partial charge in [-0.25, -0.2) is 0 Å². The molecular formula is C17H25NO4. The summed E-state index contributed by atoms with van der Waals surface area (Å²) in [5.74, 6) is 0.542. The molecule has 22 heavy (non-hydrogen) atoms. The van der Waals surface area contributed by atoms with Crippen molar-refractivity contribution in [3.05, 3.63) is 29.3 Å². The van der Waals surface area contributed by atoms with E-state index in [0.29, 0.717) is 19.6 Å². The van der Waals surface area contributed by atoms with Crippen molar-refractivity contribution in [3.63, 3.8) is 0 Å². The third kappa shape index (κ3) is 7.11. The topological polar surface area (TPSA) is 64.6 Å². The van der Waals surface area contributed by atoms with E-state index in [0.717, 1.165) is 24.2 Å². The van der Waals surface area contributed by atoms with Gasteiger partial charge in [0.05, 0.1) is 20.1 Å². The van der Waals surface area contributed by atoms with Crippen molar-refractivity contribution in [1.82, 2.24) is 5.32 Å². The van der Waals surface area contributed by atoms with E-state index in [-0.39, 0.29) is 18.3 Å². The standard InChI is InChI=1S/C17H25NO4/c1-13-7-8-14(2)15(12-13)22-11-5-4-6-16(19)18-10-9-17(20)21-3/h7-8,12H,4-6,9-11H2,1-3H3,(H,18,19). The number of rotatable bonds is 9. The van der Waals surface area contributed by atoms with Crippen molar-refractivity contribution in [2.75, 3.05) is 20.3 Å². The monoisotopic (exact) mass is 307 g/mol. The molecule has 1 aromatic carbocycles. The van der Waals surface area contributed by atoms with Gasteiger partial charge >= 0.3 is 5.97 Å². The predicted octanol–water partition coefficient (Wildman–Crippen LogP) is 2.53. The minimum Gasteiger partial charge on any atom is -0.493 e. The number of esters is 1. The van der Waals surface area contributed by atoms with Gasteiger partial charge in [0.1, 0.15) is 5.75 Å². The second-order valence-electron chi connectivity index (χ2n) is 5.25. The van der Waals surface area contributed by atoms with Gasteiger partial charge in [-0.2, -0.15) is 0 Å². The highest BCUT2D eigenvalue weighted by Crippen LogP contribution is 2.19. The van der Waals surface area contributed by atoms with Crippen LogP contribution in [0.15, 0.2) is 18.2 Å². The number of nitrogens with one attached hydrogen (secondary N) is 1. The maximum absolute atomic E-state index is 11.5. The van der Waals surface area contributed by atoms with Crippen molar-refractivity contribution >= 4 is 11.9 Å². The Morgan fingerprint density at radius 1 is 1.14 bits per heavy atom. The summed E-state index contributed by atoms with van der Waals surface area (Å²) in [6, 6.07) is 6.12. The number of carbonyl (C=O) groups excluding carboxylic acids is 2. The molecule has 0 bridgehead atoms. The van der Waals surface area contributed by atoms with Gasteiger partial charge in [0.25, 0.3) is 0 Å². The molecule has 0 aliphatic rings. The maximum Gasteiger partial charge on any atom is 0.307 e. The van der Waals surface area contributed by atoms with Crippen LogP contribution in [0.3, 0.4) is 0 Å². The normalized spacial score (nSPS) is 10.1. The van der Waals surface area contributed by atoms with Gasteiger partial charge in [-0.1, -0.05) is 12.1 Å². The van der Waals surface area contributed by atoms with E-state index >= 15 is 0 Å². The maximum atomic E-state index is 11.5. The average molecular weight is 307 g/mol. The Bertz CT molecular complexity index is 499. The minimum atomic E-state index is -0.317. The predicted molar refractivity (Wildman–Crippen MR) is 84.9 cm³/mol. The van der Waals surface area contributed by atoms with Crippen molar-refractivity contribution in [1.29, 1.82) is 0 Å². The Morgan fingerprint density at radius 3 is 2.64 bits per heavy atom. The van der Waals surface area contributed by atoms with Crippen molar-refractivity contribution in [2.24, 2.45) is 0 Å².